The highest BCUT2D eigenvalue weighted by Gasteiger charge is 2.33. The average molecular weight is 543 g/mol. The maximum absolute atomic E-state index is 13.3. The molecule has 0 saturated carbocycles. The Balaban J connectivity index is 1.63. The van der Waals surface area contributed by atoms with Gasteiger partial charge in [0, 0.05) is 24.8 Å². The molecule has 0 aliphatic carbocycles. The third-order valence-electron chi connectivity index (χ3n) is 4.63. The molecule has 15 heteroatoms. The smallest absolute Gasteiger partial charge is 0.433 e. The first-order valence-corrected chi connectivity index (χ1v) is 12.0. The molecule has 0 saturated heterocycles. The van der Waals surface area contributed by atoms with Crippen LogP contribution in [0.2, 0.25) is 0 Å². The van der Waals surface area contributed by atoms with E-state index in [9.17, 15) is 30.8 Å². The molecule has 0 fully saturated rings. The van der Waals surface area contributed by atoms with E-state index in [0.29, 0.717) is 11.8 Å². The molecule has 3 aromatic rings. The highest BCUT2D eigenvalue weighted by molar-refractivity contribution is 7.89. The number of benzene rings is 2. The van der Waals surface area contributed by atoms with Gasteiger partial charge in [-0.15, -0.1) is 0 Å². The molecule has 4 N–H and O–H groups in total. The first-order chi connectivity index (χ1) is 17.3. The third kappa shape index (κ3) is 8.01. The highest BCUT2D eigenvalue weighted by atomic mass is 32.2. The van der Waals surface area contributed by atoms with Crippen molar-refractivity contribution in [3.63, 3.8) is 0 Å². The van der Waals surface area contributed by atoms with Gasteiger partial charge in [-0.2, -0.15) is 18.2 Å². The minimum Gasteiger partial charge on any atom is -0.479 e. The number of alkyl halides is 3. The van der Waals surface area contributed by atoms with Crippen LogP contribution < -0.4 is 20.1 Å². The minimum atomic E-state index is -4.78. The summed E-state index contributed by atoms with van der Waals surface area (Å²) in [5.74, 6) is -2.17. The second-order valence-electron chi connectivity index (χ2n) is 7.49. The van der Waals surface area contributed by atoms with E-state index in [1.54, 1.807) is 0 Å². The number of sulfonamides is 1. The summed E-state index contributed by atoms with van der Waals surface area (Å²) in [6, 6.07) is 10.6. The molecule has 37 heavy (non-hydrogen) atoms. The summed E-state index contributed by atoms with van der Waals surface area (Å²) in [4.78, 5) is 18.1. The monoisotopic (exact) mass is 543 g/mol. The molecule has 0 unspecified atom stereocenters. The fourth-order valence-electron chi connectivity index (χ4n) is 2.81. The summed E-state index contributed by atoms with van der Waals surface area (Å²) in [6.45, 7) is 0.933. The van der Waals surface area contributed by atoms with E-state index in [1.165, 1.54) is 43.3 Å². The van der Waals surface area contributed by atoms with Crippen molar-refractivity contribution in [3.05, 3.63) is 66.1 Å². The van der Waals surface area contributed by atoms with Crippen LogP contribution in [0.15, 0.2) is 59.5 Å². The number of carbonyl (C=O) groups is 1. The Kier molecular flexibility index (Phi) is 8.49. The van der Waals surface area contributed by atoms with Crippen LogP contribution in [0, 0.1) is 5.82 Å². The Morgan fingerprint density at radius 1 is 1.05 bits per heavy atom. The number of ether oxygens (including phenoxy) is 1. The lowest BCUT2D eigenvalue weighted by atomic mass is 10.3. The van der Waals surface area contributed by atoms with Crippen molar-refractivity contribution in [2.75, 3.05) is 23.7 Å². The zero-order valence-electron chi connectivity index (χ0n) is 19.1. The Hall–Kier alpha value is -3.98. The van der Waals surface area contributed by atoms with Crippen LogP contribution >= 0.6 is 0 Å². The summed E-state index contributed by atoms with van der Waals surface area (Å²) >= 11 is 0. The van der Waals surface area contributed by atoms with E-state index in [0.717, 1.165) is 12.1 Å². The number of hydrogen-bond donors (Lipinski definition) is 4. The predicted molar refractivity (Wildman–Crippen MR) is 125 cm³/mol. The summed E-state index contributed by atoms with van der Waals surface area (Å²) in [7, 11) is -3.99. The molecule has 2 aromatic carbocycles. The van der Waals surface area contributed by atoms with Crippen molar-refractivity contribution >= 4 is 33.4 Å². The molecular weight excluding hydrogens is 522 g/mol. The van der Waals surface area contributed by atoms with Crippen LogP contribution in [0.4, 0.5) is 35.0 Å². The molecule has 0 radical (unpaired) electrons. The minimum absolute atomic E-state index is 0.135. The number of halogens is 4. The van der Waals surface area contributed by atoms with Crippen LogP contribution in [0.1, 0.15) is 12.6 Å². The van der Waals surface area contributed by atoms with Gasteiger partial charge in [0.15, 0.2) is 11.8 Å². The largest absolute Gasteiger partial charge is 0.479 e. The van der Waals surface area contributed by atoms with E-state index in [4.69, 9.17) is 9.84 Å². The molecule has 198 valence electrons. The van der Waals surface area contributed by atoms with Crippen molar-refractivity contribution in [3.8, 4) is 5.75 Å². The second-order valence-corrected chi connectivity index (χ2v) is 9.25. The number of aromatic nitrogens is 2. The molecule has 0 aliphatic heterocycles. The van der Waals surface area contributed by atoms with E-state index >= 15 is 0 Å². The number of aliphatic carboxylic acids is 1. The van der Waals surface area contributed by atoms with Crippen molar-refractivity contribution < 1.29 is 40.6 Å². The van der Waals surface area contributed by atoms with Gasteiger partial charge in [0.25, 0.3) is 0 Å². The van der Waals surface area contributed by atoms with Crippen molar-refractivity contribution in [1.82, 2.24) is 14.7 Å². The van der Waals surface area contributed by atoms with E-state index in [2.05, 4.69) is 25.3 Å². The van der Waals surface area contributed by atoms with Gasteiger partial charge in [-0.1, -0.05) is 0 Å². The maximum atomic E-state index is 13.3. The van der Waals surface area contributed by atoms with E-state index < -0.39 is 45.7 Å². The first kappa shape index (κ1) is 27.6. The molecule has 10 nitrogen and oxygen atoms in total. The number of carboxylic acid groups (broad SMARTS) is 1. The fourth-order valence-corrected chi connectivity index (χ4v) is 3.84. The third-order valence-corrected chi connectivity index (χ3v) is 6.10. The molecule has 1 atom stereocenters. The van der Waals surface area contributed by atoms with Gasteiger partial charge < -0.3 is 20.5 Å². The standard InChI is InChI=1S/C22H21F4N5O5S/c1-13(20(32)33)36-16-6-8-17(9-7-16)37(34,35)28-11-10-27-21-30-18(22(24,25)26)12-19(31-21)29-15-4-2-14(23)3-5-15/h2-9,12-13,28H,10-11H2,1H3,(H,32,33)(H2,27,29,30,31)/t13-/m1/s1. The molecule has 1 heterocycles. The fraction of sp³-hybridized carbons (Fsp3) is 0.227. The van der Waals surface area contributed by atoms with Gasteiger partial charge in [-0.05, 0) is 55.5 Å². The normalized spacial score (nSPS) is 12.6. The van der Waals surface area contributed by atoms with Crippen LogP contribution in [0.5, 0.6) is 5.75 Å². The zero-order valence-corrected chi connectivity index (χ0v) is 19.9. The van der Waals surface area contributed by atoms with Crippen molar-refractivity contribution in [1.29, 1.82) is 0 Å². The van der Waals surface area contributed by atoms with Gasteiger partial charge in [0.2, 0.25) is 16.0 Å². The number of nitrogens with one attached hydrogen (secondary N) is 3. The highest BCUT2D eigenvalue weighted by Crippen LogP contribution is 2.30. The molecular formula is C22H21F4N5O5S. The van der Waals surface area contributed by atoms with Crippen LogP contribution in [0.25, 0.3) is 0 Å². The van der Waals surface area contributed by atoms with Crippen molar-refractivity contribution in [2.24, 2.45) is 0 Å². The first-order valence-electron chi connectivity index (χ1n) is 10.6. The van der Waals surface area contributed by atoms with E-state index in [1.807, 2.05) is 0 Å². The summed E-state index contributed by atoms with van der Waals surface area (Å²) < 4.78 is 85.3. The Morgan fingerprint density at radius 3 is 2.30 bits per heavy atom. The van der Waals surface area contributed by atoms with Gasteiger partial charge in [0.1, 0.15) is 17.4 Å². The molecule has 1 aromatic heterocycles. The summed E-state index contributed by atoms with van der Waals surface area (Å²) in [5.41, 5.74) is -0.949. The molecule has 0 spiro atoms. The van der Waals surface area contributed by atoms with Crippen LogP contribution in [0.3, 0.4) is 0 Å². The topological polar surface area (TPSA) is 143 Å². The molecule has 3 rings (SSSR count). The zero-order chi connectivity index (χ0) is 27.2. The lowest BCUT2D eigenvalue weighted by Gasteiger charge is -2.13. The Labute approximate surface area is 208 Å². The number of nitrogens with zero attached hydrogens (tertiary/aromatic N) is 2. The van der Waals surface area contributed by atoms with Gasteiger partial charge in [-0.3, -0.25) is 0 Å². The lowest BCUT2D eigenvalue weighted by Crippen LogP contribution is -2.29. The Bertz CT molecular complexity index is 1340. The Morgan fingerprint density at radius 2 is 1.70 bits per heavy atom. The molecule has 0 aliphatic rings. The lowest BCUT2D eigenvalue weighted by molar-refractivity contribution is -0.144. The average Bonchev–Trinajstić information content (AvgIpc) is 2.83. The number of anilines is 3. The maximum Gasteiger partial charge on any atom is 0.433 e. The predicted octanol–water partition coefficient (Wildman–Crippen LogP) is 3.62. The SMILES string of the molecule is C[C@@H](Oc1ccc(S(=O)(=O)NCCNc2nc(Nc3ccc(F)cc3)cc(C(F)(F)F)n2)cc1)C(=O)O. The number of carboxylic acids is 1. The number of rotatable bonds is 11. The van der Waals surface area contributed by atoms with E-state index in [-0.39, 0.29) is 29.6 Å². The van der Waals surface area contributed by atoms with Crippen molar-refractivity contribution in [2.45, 2.75) is 24.1 Å². The summed E-state index contributed by atoms with van der Waals surface area (Å²) in [5, 5.41) is 14.0. The second kappa shape index (κ2) is 11.4. The van der Waals surface area contributed by atoms with Crippen LogP contribution in [-0.4, -0.2) is 48.7 Å². The van der Waals surface area contributed by atoms with Gasteiger partial charge in [-0.25, -0.2) is 27.3 Å². The van der Waals surface area contributed by atoms with Gasteiger partial charge >= 0.3 is 12.1 Å². The van der Waals surface area contributed by atoms with Crippen LogP contribution in [-0.2, 0) is 21.0 Å². The quantitative estimate of drug-likeness (QED) is 0.211. The molecule has 0 bridgehead atoms. The number of hydrogen-bond acceptors (Lipinski definition) is 8. The summed E-state index contributed by atoms with van der Waals surface area (Å²) in [6.07, 6.45) is -5.91. The molecule has 0 amide bonds. The van der Waals surface area contributed by atoms with Gasteiger partial charge in [0.05, 0.1) is 4.90 Å².